The van der Waals surface area contributed by atoms with Gasteiger partial charge < -0.3 is 11.1 Å². The van der Waals surface area contributed by atoms with Crippen molar-refractivity contribution in [2.45, 2.75) is 19.4 Å². The van der Waals surface area contributed by atoms with E-state index in [2.05, 4.69) is 31.8 Å². The number of hydrogen-bond donors (Lipinski definition) is 3. The van der Waals surface area contributed by atoms with Crippen LogP contribution in [0.3, 0.4) is 0 Å². The third-order valence-corrected chi connectivity index (χ3v) is 5.49. The largest absolute Gasteiger partial charge is 0.359 e. The Labute approximate surface area is 165 Å². The molecule has 0 aliphatic rings. The van der Waals surface area contributed by atoms with Crippen molar-refractivity contribution in [3.05, 3.63) is 58.7 Å². The van der Waals surface area contributed by atoms with Crippen LogP contribution < -0.4 is 11.1 Å². The van der Waals surface area contributed by atoms with Gasteiger partial charge in [-0.3, -0.25) is 5.10 Å². The van der Waals surface area contributed by atoms with E-state index in [1.54, 1.807) is 0 Å². The Bertz CT molecular complexity index is 1070. The molecule has 0 spiro atoms. The van der Waals surface area contributed by atoms with E-state index in [-0.39, 0.29) is 6.04 Å². The summed E-state index contributed by atoms with van der Waals surface area (Å²) in [6.45, 7) is 2.60. The highest BCUT2D eigenvalue weighted by molar-refractivity contribution is 7.18. The van der Waals surface area contributed by atoms with Crippen LogP contribution >= 0.6 is 22.9 Å². The first-order chi connectivity index (χ1) is 13.1. The van der Waals surface area contributed by atoms with Gasteiger partial charge in [0.1, 0.15) is 5.01 Å². The number of fused-ring (bicyclic) bond motifs is 1. The Hall–Kier alpha value is -2.48. The molecule has 0 unspecified atom stereocenters. The maximum atomic E-state index is 6.23. The second-order valence-electron chi connectivity index (χ2n) is 6.46. The topological polar surface area (TPSA) is 92.5 Å². The summed E-state index contributed by atoms with van der Waals surface area (Å²) >= 11 is 7.54. The molecule has 4 N–H and O–H groups in total. The van der Waals surface area contributed by atoms with Crippen molar-refractivity contribution in [1.82, 2.24) is 20.4 Å². The molecule has 1 atom stereocenters. The summed E-state index contributed by atoms with van der Waals surface area (Å²) in [4.78, 5) is 0. The summed E-state index contributed by atoms with van der Waals surface area (Å²) in [5, 5.41) is 22.5. The van der Waals surface area contributed by atoms with Gasteiger partial charge in [0.2, 0.25) is 5.13 Å². The summed E-state index contributed by atoms with van der Waals surface area (Å²) in [7, 11) is 0. The van der Waals surface area contributed by atoms with Gasteiger partial charge in [0, 0.05) is 28.6 Å². The monoisotopic (exact) mass is 398 g/mol. The first kappa shape index (κ1) is 17.9. The number of nitrogens with two attached hydrogens (primary N) is 1. The molecule has 138 valence electrons. The van der Waals surface area contributed by atoms with Gasteiger partial charge in [-0.1, -0.05) is 35.1 Å². The summed E-state index contributed by atoms with van der Waals surface area (Å²) in [5.74, 6) is 0. The summed E-state index contributed by atoms with van der Waals surface area (Å²) < 4.78 is 0. The smallest absolute Gasteiger partial charge is 0.206 e. The lowest BCUT2D eigenvalue weighted by molar-refractivity contribution is 0.698. The Balaban J connectivity index is 1.40. The Kier molecular flexibility index (Phi) is 5.07. The lowest BCUT2D eigenvalue weighted by Gasteiger charge is -2.12. The van der Waals surface area contributed by atoms with E-state index in [1.165, 1.54) is 11.3 Å². The molecule has 2 aromatic carbocycles. The molecule has 0 amide bonds. The van der Waals surface area contributed by atoms with Gasteiger partial charge in [-0.15, -0.1) is 10.2 Å². The van der Waals surface area contributed by atoms with E-state index in [0.29, 0.717) is 6.54 Å². The van der Waals surface area contributed by atoms with Crippen molar-refractivity contribution in [2.24, 2.45) is 5.73 Å². The number of halogens is 1. The number of rotatable bonds is 6. The fourth-order valence-electron chi connectivity index (χ4n) is 2.95. The number of aromatic nitrogens is 4. The van der Waals surface area contributed by atoms with Crippen LogP contribution in [0.25, 0.3) is 21.5 Å². The van der Waals surface area contributed by atoms with Gasteiger partial charge in [0.05, 0.1) is 11.2 Å². The minimum Gasteiger partial charge on any atom is -0.359 e. The fourth-order valence-corrected chi connectivity index (χ4v) is 3.91. The summed E-state index contributed by atoms with van der Waals surface area (Å²) in [5.41, 5.74) is 10.4. The van der Waals surface area contributed by atoms with Crippen molar-refractivity contribution in [2.75, 3.05) is 11.9 Å². The number of hydrogen-bond acceptors (Lipinski definition) is 6. The number of aromatic amines is 1. The number of aryl methyl sites for hydroxylation is 1. The van der Waals surface area contributed by atoms with Crippen LogP contribution in [0.5, 0.6) is 0 Å². The standard InChI is InChI=1S/C19H19ClN6S/c1-11-16-9-13(5-6-17(16)24-23-11)18-25-26-19(27-18)22-10-15(21)8-12-3-2-4-14(20)7-12/h2-7,9,15H,8,10,21H2,1H3,(H,22,26)(H,23,24)/t15-/m0/s1. The average molecular weight is 399 g/mol. The minimum absolute atomic E-state index is 0.0410. The quantitative estimate of drug-likeness (QED) is 0.456. The molecular formula is C19H19ClN6S. The molecule has 8 heteroatoms. The van der Waals surface area contributed by atoms with E-state index in [1.807, 2.05) is 43.3 Å². The van der Waals surface area contributed by atoms with Crippen LogP contribution in [0.4, 0.5) is 5.13 Å². The molecule has 0 aliphatic heterocycles. The molecule has 2 aromatic heterocycles. The molecule has 2 heterocycles. The molecule has 4 aromatic rings. The van der Waals surface area contributed by atoms with Crippen LogP contribution in [-0.4, -0.2) is 33.0 Å². The molecule has 0 fully saturated rings. The molecular weight excluding hydrogens is 380 g/mol. The zero-order valence-corrected chi connectivity index (χ0v) is 16.3. The normalized spacial score (nSPS) is 12.4. The van der Waals surface area contributed by atoms with E-state index in [0.717, 1.165) is 49.3 Å². The number of nitrogens with zero attached hydrogens (tertiary/aromatic N) is 3. The van der Waals surface area contributed by atoms with Crippen LogP contribution in [0.1, 0.15) is 11.3 Å². The van der Waals surface area contributed by atoms with Crippen LogP contribution in [0.15, 0.2) is 42.5 Å². The average Bonchev–Trinajstić information content (AvgIpc) is 3.27. The molecule has 0 saturated carbocycles. The molecule has 4 rings (SSSR count). The van der Waals surface area contributed by atoms with Gasteiger partial charge in [0.25, 0.3) is 0 Å². The SMILES string of the molecule is Cc1n[nH]c2ccc(-c3nnc(NC[C@@H](N)Cc4cccc(Cl)c4)s3)cc12. The third kappa shape index (κ3) is 4.10. The van der Waals surface area contributed by atoms with E-state index in [4.69, 9.17) is 17.3 Å². The lowest BCUT2D eigenvalue weighted by atomic mass is 10.1. The fraction of sp³-hybridized carbons (Fsp3) is 0.211. The second kappa shape index (κ2) is 7.64. The molecule has 0 saturated heterocycles. The Morgan fingerprint density at radius 3 is 2.96 bits per heavy atom. The zero-order valence-electron chi connectivity index (χ0n) is 14.7. The Morgan fingerprint density at radius 2 is 2.11 bits per heavy atom. The summed E-state index contributed by atoms with van der Waals surface area (Å²) in [6, 6.07) is 13.9. The van der Waals surface area contributed by atoms with Gasteiger partial charge in [-0.2, -0.15) is 5.10 Å². The zero-order chi connectivity index (χ0) is 18.8. The molecule has 0 radical (unpaired) electrons. The van der Waals surface area contributed by atoms with Crippen molar-refractivity contribution in [3.8, 4) is 10.6 Å². The van der Waals surface area contributed by atoms with Gasteiger partial charge >= 0.3 is 0 Å². The number of anilines is 1. The van der Waals surface area contributed by atoms with Crippen LogP contribution in [0.2, 0.25) is 5.02 Å². The highest BCUT2D eigenvalue weighted by Gasteiger charge is 2.11. The van der Waals surface area contributed by atoms with Gasteiger partial charge in [-0.25, -0.2) is 0 Å². The van der Waals surface area contributed by atoms with E-state index < -0.39 is 0 Å². The van der Waals surface area contributed by atoms with Crippen molar-refractivity contribution >= 4 is 39.0 Å². The number of benzene rings is 2. The molecule has 0 bridgehead atoms. The minimum atomic E-state index is -0.0410. The van der Waals surface area contributed by atoms with Gasteiger partial charge in [-0.05, 0) is 49.2 Å². The molecule has 6 nitrogen and oxygen atoms in total. The number of nitrogens with one attached hydrogen (secondary N) is 2. The van der Waals surface area contributed by atoms with Gasteiger partial charge in [0.15, 0.2) is 0 Å². The van der Waals surface area contributed by atoms with E-state index in [9.17, 15) is 0 Å². The highest BCUT2D eigenvalue weighted by Crippen LogP contribution is 2.29. The maximum Gasteiger partial charge on any atom is 0.206 e. The second-order valence-corrected chi connectivity index (χ2v) is 7.87. The number of H-pyrrole nitrogens is 1. The van der Waals surface area contributed by atoms with Crippen LogP contribution in [-0.2, 0) is 6.42 Å². The lowest BCUT2D eigenvalue weighted by Crippen LogP contribution is -2.31. The maximum absolute atomic E-state index is 6.23. The van der Waals surface area contributed by atoms with Crippen LogP contribution in [0, 0.1) is 6.92 Å². The molecule has 0 aliphatic carbocycles. The predicted molar refractivity (Wildman–Crippen MR) is 111 cm³/mol. The first-order valence-electron chi connectivity index (χ1n) is 8.61. The first-order valence-corrected chi connectivity index (χ1v) is 9.80. The van der Waals surface area contributed by atoms with E-state index >= 15 is 0 Å². The van der Waals surface area contributed by atoms with Crippen molar-refractivity contribution in [3.63, 3.8) is 0 Å². The highest BCUT2D eigenvalue weighted by atomic mass is 35.5. The molecule has 27 heavy (non-hydrogen) atoms. The van der Waals surface area contributed by atoms with Crippen molar-refractivity contribution < 1.29 is 0 Å². The third-order valence-electron chi connectivity index (χ3n) is 4.33. The summed E-state index contributed by atoms with van der Waals surface area (Å²) in [6.07, 6.45) is 0.746. The predicted octanol–water partition coefficient (Wildman–Crippen LogP) is 4.03. The van der Waals surface area contributed by atoms with Crippen molar-refractivity contribution in [1.29, 1.82) is 0 Å². The Morgan fingerprint density at radius 1 is 1.22 bits per heavy atom.